The van der Waals surface area contributed by atoms with Crippen LogP contribution in [0.15, 0.2) is 101 Å². The number of hydrogen-bond donors (Lipinski definition) is 0. The van der Waals surface area contributed by atoms with Crippen LogP contribution in [-0.4, -0.2) is 19.2 Å². The molecule has 4 rings (SSSR count). The molecule has 0 aliphatic heterocycles. The molecule has 0 saturated heterocycles. The van der Waals surface area contributed by atoms with E-state index in [4.69, 9.17) is 8.60 Å². The Morgan fingerprint density at radius 2 is 1.63 bits per heavy atom. The predicted octanol–water partition coefficient (Wildman–Crippen LogP) is 7.64. The van der Waals surface area contributed by atoms with Crippen molar-refractivity contribution in [3.05, 3.63) is 119 Å². The SMILES string of the molecule is CCCCCc1ccc(C(=O)N(Cc2cccc(OS(=O)(=O)c3cccc(C(F)(F)F)c3)c2)Cc2ccco2)cc1. The summed E-state index contributed by atoms with van der Waals surface area (Å²) >= 11 is 0. The van der Waals surface area contributed by atoms with Gasteiger partial charge >= 0.3 is 16.3 Å². The topological polar surface area (TPSA) is 76.8 Å². The Balaban J connectivity index is 1.53. The van der Waals surface area contributed by atoms with E-state index in [0.717, 1.165) is 49.4 Å². The normalized spacial score (nSPS) is 11.8. The van der Waals surface area contributed by atoms with Crippen LogP contribution in [0.1, 0.15) is 59.0 Å². The summed E-state index contributed by atoms with van der Waals surface area (Å²) in [5, 5.41) is 0. The minimum absolute atomic E-state index is 0.0956. The molecule has 0 aliphatic rings. The van der Waals surface area contributed by atoms with E-state index in [-0.39, 0.29) is 24.7 Å². The smallest absolute Gasteiger partial charge is 0.416 e. The first-order valence-corrected chi connectivity index (χ1v) is 14.6. The minimum atomic E-state index is -4.70. The largest absolute Gasteiger partial charge is 0.467 e. The molecule has 0 aliphatic carbocycles. The number of furan rings is 1. The van der Waals surface area contributed by atoms with E-state index >= 15 is 0 Å². The zero-order valence-electron chi connectivity index (χ0n) is 22.4. The molecule has 0 atom stereocenters. The van der Waals surface area contributed by atoms with E-state index < -0.39 is 26.8 Å². The Labute approximate surface area is 237 Å². The van der Waals surface area contributed by atoms with Crippen molar-refractivity contribution in [2.75, 3.05) is 0 Å². The average Bonchev–Trinajstić information content (AvgIpc) is 3.46. The molecule has 3 aromatic carbocycles. The van der Waals surface area contributed by atoms with Crippen LogP contribution in [-0.2, 0) is 35.8 Å². The maximum atomic E-state index is 13.5. The number of alkyl halides is 3. The molecule has 0 radical (unpaired) electrons. The monoisotopic (exact) mass is 585 g/mol. The summed E-state index contributed by atoms with van der Waals surface area (Å²) in [6, 6.07) is 20.3. The van der Waals surface area contributed by atoms with Crippen LogP contribution in [0, 0.1) is 0 Å². The fourth-order valence-corrected chi connectivity index (χ4v) is 5.25. The van der Waals surface area contributed by atoms with E-state index in [2.05, 4.69) is 6.92 Å². The van der Waals surface area contributed by atoms with Gasteiger partial charge in [-0.05, 0) is 78.6 Å². The molecule has 0 unspecified atom stereocenters. The summed E-state index contributed by atoms with van der Waals surface area (Å²) in [5.74, 6) is 0.222. The number of unbranched alkanes of at least 4 members (excludes halogenated alkanes) is 2. The van der Waals surface area contributed by atoms with E-state index in [9.17, 15) is 26.4 Å². The zero-order valence-corrected chi connectivity index (χ0v) is 23.2. The molecule has 0 spiro atoms. The van der Waals surface area contributed by atoms with Gasteiger partial charge in [0.15, 0.2) is 0 Å². The zero-order chi connectivity index (χ0) is 29.5. The second-order valence-corrected chi connectivity index (χ2v) is 11.2. The standard InChI is InChI=1S/C31H30F3NO5S/c1-2-3-4-8-23-14-16-25(17-15-23)30(36)35(22-28-12-7-18-39-28)21-24-9-5-11-27(19-24)40-41(37,38)29-13-6-10-26(20-29)31(32,33)34/h5-7,9-20H,2-4,8,21-22H2,1H3. The molecule has 0 fully saturated rings. The Hall–Kier alpha value is -4.05. The summed E-state index contributed by atoms with van der Waals surface area (Å²) in [6.07, 6.45) is 1.09. The third kappa shape index (κ3) is 8.23. The summed E-state index contributed by atoms with van der Waals surface area (Å²) in [6.45, 7) is 2.41. The first-order chi connectivity index (χ1) is 19.5. The van der Waals surface area contributed by atoms with Crippen molar-refractivity contribution < 1.29 is 35.0 Å². The number of carbonyl (C=O) groups is 1. The van der Waals surface area contributed by atoms with Gasteiger partial charge in [-0.2, -0.15) is 21.6 Å². The molecule has 10 heteroatoms. The highest BCUT2D eigenvalue weighted by atomic mass is 32.2. The van der Waals surface area contributed by atoms with E-state index in [0.29, 0.717) is 23.0 Å². The molecular weight excluding hydrogens is 555 g/mol. The minimum Gasteiger partial charge on any atom is -0.467 e. The highest BCUT2D eigenvalue weighted by Crippen LogP contribution is 2.31. The number of amides is 1. The van der Waals surface area contributed by atoms with Crippen molar-refractivity contribution >= 4 is 16.0 Å². The van der Waals surface area contributed by atoms with Crippen LogP contribution in [0.2, 0.25) is 0 Å². The van der Waals surface area contributed by atoms with E-state index in [1.165, 1.54) is 18.4 Å². The summed E-state index contributed by atoms with van der Waals surface area (Å²) in [4.78, 5) is 14.5. The van der Waals surface area contributed by atoms with Crippen molar-refractivity contribution in [1.29, 1.82) is 0 Å². The molecule has 1 heterocycles. The quantitative estimate of drug-likeness (QED) is 0.126. The molecule has 41 heavy (non-hydrogen) atoms. The average molecular weight is 586 g/mol. The number of nitrogens with zero attached hydrogens (tertiary/aromatic N) is 1. The highest BCUT2D eigenvalue weighted by molar-refractivity contribution is 7.87. The van der Waals surface area contributed by atoms with Crippen LogP contribution >= 0.6 is 0 Å². The van der Waals surface area contributed by atoms with Crippen LogP contribution < -0.4 is 4.18 Å². The molecule has 0 bridgehead atoms. The summed E-state index contributed by atoms with van der Waals surface area (Å²) in [5.41, 5.74) is 1.10. The van der Waals surface area contributed by atoms with Crippen LogP contribution in [0.25, 0.3) is 0 Å². The lowest BCUT2D eigenvalue weighted by Crippen LogP contribution is -2.30. The fourth-order valence-electron chi connectivity index (χ4n) is 4.28. The number of carbonyl (C=O) groups excluding carboxylic acids is 1. The summed E-state index contributed by atoms with van der Waals surface area (Å²) < 4.78 is 75.4. The van der Waals surface area contributed by atoms with Gasteiger partial charge in [-0.1, -0.05) is 50.1 Å². The predicted molar refractivity (Wildman–Crippen MR) is 148 cm³/mol. The van der Waals surface area contributed by atoms with Crippen LogP contribution in [0.4, 0.5) is 13.2 Å². The van der Waals surface area contributed by atoms with Crippen LogP contribution in [0.5, 0.6) is 5.75 Å². The Kier molecular flexibility index (Phi) is 9.54. The van der Waals surface area contributed by atoms with Gasteiger partial charge in [-0.25, -0.2) is 0 Å². The first kappa shape index (κ1) is 29.9. The molecule has 0 saturated carbocycles. The summed E-state index contributed by atoms with van der Waals surface area (Å²) in [7, 11) is -4.55. The number of halogens is 3. The second-order valence-electron chi connectivity index (χ2n) is 9.61. The van der Waals surface area contributed by atoms with Gasteiger partial charge in [0.2, 0.25) is 0 Å². The molecule has 216 valence electrons. The van der Waals surface area contributed by atoms with E-state index in [1.807, 2.05) is 12.1 Å². The first-order valence-electron chi connectivity index (χ1n) is 13.2. The van der Waals surface area contributed by atoms with E-state index in [1.54, 1.807) is 41.3 Å². The van der Waals surface area contributed by atoms with Gasteiger partial charge in [-0.15, -0.1) is 0 Å². The Morgan fingerprint density at radius 3 is 2.32 bits per heavy atom. The molecule has 1 aromatic heterocycles. The third-order valence-corrected chi connectivity index (χ3v) is 7.65. The lowest BCUT2D eigenvalue weighted by Gasteiger charge is -2.22. The Morgan fingerprint density at radius 1 is 0.878 bits per heavy atom. The number of hydrogen-bond acceptors (Lipinski definition) is 5. The van der Waals surface area contributed by atoms with Crippen molar-refractivity contribution in [3.8, 4) is 5.75 Å². The molecular formula is C31H30F3NO5S. The molecule has 4 aromatic rings. The number of rotatable bonds is 12. The second kappa shape index (κ2) is 13.1. The lowest BCUT2D eigenvalue weighted by atomic mass is 10.0. The number of benzene rings is 3. The highest BCUT2D eigenvalue weighted by Gasteiger charge is 2.32. The van der Waals surface area contributed by atoms with Gasteiger partial charge in [0.05, 0.1) is 18.4 Å². The van der Waals surface area contributed by atoms with Gasteiger partial charge in [-0.3, -0.25) is 4.79 Å². The van der Waals surface area contributed by atoms with Crippen LogP contribution in [0.3, 0.4) is 0 Å². The maximum Gasteiger partial charge on any atom is 0.416 e. The van der Waals surface area contributed by atoms with Crippen molar-refractivity contribution in [2.45, 2.75) is 56.8 Å². The van der Waals surface area contributed by atoms with Gasteiger partial charge in [0.25, 0.3) is 5.91 Å². The molecule has 0 N–H and O–H groups in total. The molecule has 1 amide bonds. The molecule has 6 nitrogen and oxygen atoms in total. The fraction of sp³-hybridized carbons (Fsp3) is 0.258. The number of aryl methyl sites for hydroxylation is 1. The third-order valence-electron chi connectivity index (χ3n) is 6.41. The van der Waals surface area contributed by atoms with Gasteiger partial charge in [0.1, 0.15) is 16.4 Å². The van der Waals surface area contributed by atoms with Crippen molar-refractivity contribution in [3.63, 3.8) is 0 Å². The van der Waals surface area contributed by atoms with Gasteiger partial charge < -0.3 is 13.5 Å². The van der Waals surface area contributed by atoms with Gasteiger partial charge in [0, 0.05) is 12.1 Å². The van der Waals surface area contributed by atoms with Crippen molar-refractivity contribution in [2.24, 2.45) is 0 Å². The maximum absolute atomic E-state index is 13.5. The lowest BCUT2D eigenvalue weighted by molar-refractivity contribution is -0.137. The van der Waals surface area contributed by atoms with Crippen molar-refractivity contribution in [1.82, 2.24) is 4.90 Å². The Bertz CT molecular complexity index is 1550.